The molecule has 140 valence electrons. The van der Waals surface area contributed by atoms with Crippen molar-refractivity contribution < 1.29 is 0 Å². The summed E-state index contributed by atoms with van der Waals surface area (Å²) >= 11 is 0. The maximum Gasteiger partial charge on any atom is 0.0463 e. The molecule has 0 bridgehead atoms. The molecule has 3 aromatic carbocycles. The van der Waals surface area contributed by atoms with E-state index in [1.54, 1.807) is 0 Å². The summed E-state index contributed by atoms with van der Waals surface area (Å²) in [7, 11) is 0. The van der Waals surface area contributed by atoms with Crippen LogP contribution in [0.2, 0.25) is 0 Å². The lowest BCUT2D eigenvalue weighted by Gasteiger charge is -2.28. The fraction of sp³-hybridized carbons (Fsp3) is 0.308. The molecule has 0 saturated carbocycles. The molecule has 1 N–H and O–H groups in total. The topological polar surface area (TPSA) is 12.0 Å². The summed E-state index contributed by atoms with van der Waals surface area (Å²) in [5, 5.41) is 3.72. The average molecular weight is 358 g/mol. The molecule has 0 fully saturated rings. The summed E-state index contributed by atoms with van der Waals surface area (Å²) in [6.45, 7) is 13.7. The second-order valence-corrected chi connectivity index (χ2v) is 9.30. The fourth-order valence-electron chi connectivity index (χ4n) is 3.35. The van der Waals surface area contributed by atoms with Crippen LogP contribution >= 0.6 is 0 Å². The molecule has 0 aromatic heterocycles. The van der Waals surface area contributed by atoms with Crippen molar-refractivity contribution in [3.05, 3.63) is 83.9 Å². The van der Waals surface area contributed by atoms with Crippen LogP contribution in [0.4, 0.5) is 11.4 Å². The molecule has 0 saturated heterocycles. The van der Waals surface area contributed by atoms with Crippen molar-refractivity contribution in [2.45, 2.75) is 52.4 Å². The van der Waals surface area contributed by atoms with E-state index < -0.39 is 0 Å². The lowest BCUT2D eigenvalue weighted by atomic mass is 9.80. The Hall–Kier alpha value is -2.54. The molecule has 3 rings (SSSR count). The Bertz CT molecular complexity index is 909. The predicted octanol–water partition coefficient (Wildman–Crippen LogP) is 7.69. The first-order valence-electron chi connectivity index (χ1n) is 9.73. The summed E-state index contributed by atoms with van der Waals surface area (Å²) in [6, 6.07) is 25.9. The molecule has 0 atom stereocenters. The summed E-state index contributed by atoms with van der Waals surface area (Å²) in [6.07, 6.45) is 0. The van der Waals surface area contributed by atoms with Crippen LogP contribution in [-0.4, -0.2) is 0 Å². The third-order valence-electron chi connectivity index (χ3n) is 4.97. The van der Waals surface area contributed by atoms with E-state index in [4.69, 9.17) is 0 Å². The van der Waals surface area contributed by atoms with E-state index in [0.29, 0.717) is 0 Å². The van der Waals surface area contributed by atoms with E-state index in [0.717, 1.165) is 5.69 Å². The highest BCUT2D eigenvalue weighted by atomic mass is 14.9. The first-order valence-corrected chi connectivity index (χ1v) is 9.73. The van der Waals surface area contributed by atoms with Crippen molar-refractivity contribution in [1.29, 1.82) is 0 Å². The van der Waals surface area contributed by atoms with Gasteiger partial charge in [0, 0.05) is 16.9 Å². The number of hydrogen-bond acceptors (Lipinski definition) is 1. The van der Waals surface area contributed by atoms with Crippen LogP contribution in [0.1, 0.15) is 52.7 Å². The maximum absolute atomic E-state index is 3.72. The SMILES string of the molecule is CC(C)(C)c1ccc(Nc2ccccc2-c2ccccc2)c(C(C)(C)C)c1. The van der Waals surface area contributed by atoms with Gasteiger partial charge in [0.25, 0.3) is 0 Å². The number of hydrogen-bond donors (Lipinski definition) is 1. The zero-order valence-corrected chi connectivity index (χ0v) is 17.4. The molecule has 0 radical (unpaired) electrons. The van der Waals surface area contributed by atoms with Crippen molar-refractivity contribution in [2.24, 2.45) is 0 Å². The molecular formula is C26H31N. The van der Waals surface area contributed by atoms with Gasteiger partial charge in [-0.1, -0.05) is 102 Å². The van der Waals surface area contributed by atoms with Crippen molar-refractivity contribution in [3.63, 3.8) is 0 Å². The number of rotatable bonds is 3. The molecule has 1 heteroatoms. The minimum atomic E-state index is 0.0608. The van der Waals surface area contributed by atoms with Gasteiger partial charge in [0.2, 0.25) is 0 Å². The number of nitrogens with one attached hydrogen (secondary N) is 1. The summed E-state index contributed by atoms with van der Waals surface area (Å²) in [5.41, 5.74) is 7.68. The monoisotopic (exact) mass is 357 g/mol. The quantitative estimate of drug-likeness (QED) is 0.506. The van der Waals surface area contributed by atoms with Gasteiger partial charge in [-0.2, -0.15) is 0 Å². The number of benzene rings is 3. The van der Waals surface area contributed by atoms with Crippen LogP contribution in [0.5, 0.6) is 0 Å². The molecule has 27 heavy (non-hydrogen) atoms. The van der Waals surface area contributed by atoms with Crippen LogP contribution in [0.15, 0.2) is 72.8 Å². The van der Waals surface area contributed by atoms with Crippen LogP contribution in [-0.2, 0) is 10.8 Å². The van der Waals surface area contributed by atoms with Gasteiger partial charge < -0.3 is 5.32 Å². The van der Waals surface area contributed by atoms with E-state index in [2.05, 4.69) is 120 Å². The van der Waals surface area contributed by atoms with Gasteiger partial charge in [-0.3, -0.25) is 0 Å². The second-order valence-electron chi connectivity index (χ2n) is 9.30. The smallest absolute Gasteiger partial charge is 0.0463 e. The third kappa shape index (κ3) is 4.42. The minimum Gasteiger partial charge on any atom is -0.355 e. The standard InChI is InChI=1S/C26H31N/c1-25(2,3)20-16-17-24(22(18-20)26(4,5)6)27-23-15-11-10-14-21(23)19-12-8-7-9-13-19/h7-18,27H,1-6H3. The van der Waals surface area contributed by atoms with Crippen LogP contribution in [0, 0.1) is 0 Å². The Kier molecular flexibility index (Phi) is 5.15. The largest absolute Gasteiger partial charge is 0.355 e. The van der Waals surface area contributed by atoms with Crippen molar-refractivity contribution in [3.8, 4) is 11.1 Å². The summed E-state index contributed by atoms with van der Waals surface area (Å²) in [5.74, 6) is 0. The lowest BCUT2D eigenvalue weighted by Crippen LogP contribution is -2.18. The van der Waals surface area contributed by atoms with Gasteiger partial charge in [-0.15, -0.1) is 0 Å². The zero-order chi connectivity index (χ0) is 19.7. The fourth-order valence-corrected chi connectivity index (χ4v) is 3.35. The van der Waals surface area contributed by atoms with Gasteiger partial charge in [0.1, 0.15) is 0 Å². The Morgan fingerprint density at radius 3 is 1.85 bits per heavy atom. The summed E-state index contributed by atoms with van der Waals surface area (Å²) in [4.78, 5) is 0. The lowest BCUT2D eigenvalue weighted by molar-refractivity contribution is 0.570. The highest BCUT2D eigenvalue weighted by molar-refractivity contribution is 5.81. The molecule has 0 heterocycles. The Balaban J connectivity index is 2.07. The molecule has 0 aliphatic heterocycles. The molecular weight excluding hydrogens is 326 g/mol. The number of anilines is 2. The van der Waals surface area contributed by atoms with Crippen molar-refractivity contribution in [2.75, 3.05) is 5.32 Å². The van der Waals surface area contributed by atoms with E-state index in [9.17, 15) is 0 Å². The normalized spacial score (nSPS) is 12.1. The Labute approximate surface area is 164 Å². The predicted molar refractivity (Wildman–Crippen MR) is 119 cm³/mol. The second kappa shape index (κ2) is 7.23. The highest BCUT2D eigenvalue weighted by Crippen LogP contribution is 2.37. The van der Waals surface area contributed by atoms with Gasteiger partial charge >= 0.3 is 0 Å². The molecule has 0 aliphatic rings. The zero-order valence-electron chi connectivity index (χ0n) is 17.4. The van der Waals surface area contributed by atoms with E-state index >= 15 is 0 Å². The van der Waals surface area contributed by atoms with Gasteiger partial charge in [-0.25, -0.2) is 0 Å². The minimum absolute atomic E-state index is 0.0608. The van der Waals surface area contributed by atoms with Gasteiger partial charge in [-0.05, 0) is 39.7 Å². The first kappa shape index (κ1) is 19.2. The van der Waals surface area contributed by atoms with Crippen LogP contribution in [0.3, 0.4) is 0 Å². The van der Waals surface area contributed by atoms with Crippen LogP contribution in [0.25, 0.3) is 11.1 Å². The Morgan fingerprint density at radius 1 is 0.593 bits per heavy atom. The molecule has 0 aliphatic carbocycles. The highest BCUT2D eigenvalue weighted by Gasteiger charge is 2.22. The molecule has 0 amide bonds. The van der Waals surface area contributed by atoms with Crippen molar-refractivity contribution >= 4 is 11.4 Å². The number of para-hydroxylation sites is 1. The average Bonchev–Trinajstić information content (AvgIpc) is 2.61. The van der Waals surface area contributed by atoms with E-state index in [1.165, 1.54) is 27.9 Å². The van der Waals surface area contributed by atoms with Crippen molar-refractivity contribution in [1.82, 2.24) is 0 Å². The van der Waals surface area contributed by atoms with Gasteiger partial charge in [0.15, 0.2) is 0 Å². The summed E-state index contributed by atoms with van der Waals surface area (Å²) < 4.78 is 0. The molecule has 3 aromatic rings. The maximum atomic E-state index is 3.72. The molecule has 0 spiro atoms. The first-order chi connectivity index (χ1) is 12.7. The Morgan fingerprint density at radius 2 is 1.22 bits per heavy atom. The van der Waals surface area contributed by atoms with E-state index in [-0.39, 0.29) is 10.8 Å². The molecule has 0 unspecified atom stereocenters. The van der Waals surface area contributed by atoms with Gasteiger partial charge in [0.05, 0.1) is 0 Å². The van der Waals surface area contributed by atoms with E-state index in [1.807, 2.05) is 0 Å². The molecule has 1 nitrogen and oxygen atoms in total. The third-order valence-corrected chi connectivity index (χ3v) is 4.97. The van der Waals surface area contributed by atoms with Crippen LogP contribution < -0.4 is 5.32 Å².